The van der Waals surface area contributed by atoms with Crippen LogP contribution in [0.5, 0.6) is 0 Å². The minimum atomic E-state index is -0.323. The Balaban J connectivity index is 2.08. The zero-order valence-electron chi connectivity index (χ0n) is 10.5. The smallest absolute Gasteiger partial charge is 0.142 e. The van der Waals surface area contributed by atoms with Crippen molar-refractivity contribution in [3.8, 4) is 0 Å². The van der Waals surface area contributed by atoms with Crippen LogP contribution in [0.25, 0.3) is 0 Å². The van der Waals surface area contributed by atoms with Crippen molar-refractivity contribution in [1.82, 2.24) is 9.80 Å². The molecule has 2 N–H and O–H groups in total. The summed E-state index contributed by atoms with van der Waals surface area (Å²) in [5.41, 5.74) is 5.48. The predicted molar refractivity (Wildman–Crippen MR) is 66.1 cm³/mol. The van der Waals surface area contributed by atoms with Crippen molar-refractivity contribution in [2.45, 2.75) is 25.7 Å². The standard InChI is InChI=1S/C12H26FN3/c1-15(11-13)10-12-4-8-16(9-5-12)7-3-2-6-14/h12H,2-11,14H2,1H3. The highest BCUT2D eigenvalue weighted by Gasteiger charge is 2.19. The average Bonchev–Trinajstić information content (AvgIpc) is 2.31. The fourth-order valence-corrected chi connectivity index (χ4v) is 2.36. The molecule has 0 aliphatic carbocycles. The van der Waals surface area contributed by atoms with Crippen LogP contribution in [-0.4, -0.2) is 56.4 Å². The molecular weight excluding hydrogens is 205 g/mol. The largest absolute Gasteiger partial charge is 0.330 e. The normalized spacial score (nSPS) is 19.5. The summed E-state index contributed by atoms with van der Waals surface area (Å²) in [7, 11) is 1.85. The van der Waals surface area contributed by atoms with E-state index in [2.05, 4.69) is 4.90 Å². The Bertz CT molecular complexity index is 170. The Morgan fingerprint density at radius 3 is 2.56 bits per heavy atom. The van der Waals surface area contributed by atoms with Gasteiger partial charge in [-0.05, 0) is 64.8 Å². The number of unbranched alkanes of at least 4 members (excludes halogenated alkanes) is 1. The quantitative estimate of drug-likeness (QED) is 0.529. The van der Waals surface area contributed by atoms with Gasteiger partial charge in [-0.1, -0.05) is 0 Å². The van der Waals surface area contributed by atoms with E-state index in [1.54, 1.807) is 4.90 Å². The molecule has 1 saturated heterocycles. The van der Waals surface area contributed by atoms with E-state index in [0.29, 0.717) is 5.92 Å². The number of hydrogen-bond donors (Lipinski definition) is 1. The Morgan fingerprint density at radius 2 is 2.00 bits per heavy atom. The third-order valence-electron chi connectivity index (χ3n) is 3.41. The summed E-state index contributed by atoms with van der Waals surface area (Å²) < 4.78 is 12.3. The number of piperidine rings is 1. The van der Waals surface area contributed by atoms with Crippen molar-refractivity contribution in [1.29, 1.82) is 0 Å². The molecule has 0 aromatic carbocycles. The number of nitrogens with zero attached hydrogens (tertiary/aromatic N) is 2. The summed E-state index contributed by atoms with van der Waals surface area (Å²) in [4.78, 5) is 4.29. The molecule has 1 heterocycles. The molecule has 0 aromatic rings. The second kappa shape index (κ2) is 7.98. The van der Waals surface area contributed by atoms with Gasteiger partial charge in [-0.25, -0.2) is 4.39 Å². The van der Waals surface area contributed by atoms with Gasteiger partial charge in [0.25, 0.3) is 0 Å². The Hall–Kier alpha value is -0.190. The minimum Gasteiger partial charge on any atom is -0.330 e. The van der Waals surface area contributed by atoms with Gasteiger partial charge in [0, 0.05) is 6.54 Å². The van der Waals surface area contributed by atoms with Gasteiger partial charge in [-0.2, -0.15) is 0 Å². The van der Waals surface area contributed by atoms with Crippen LogP contribution in [0, 0.1) is 5.92 Å². The molecule has 0 unspecified atom stereocenters. The summed E-state index contributed by atoms with van der Waals surface area (Å²) >= 11 is 0. The Morgan fingerprint density at radius 1 is 1.31 bits per heavy atom. The van der Waals surface area contributed by atoms with Crippen LogP contribution in [0.1, 0.15) is 25.7 Å². The van der Waals surface area contributed by atoms with Crippen molar-refractivity contribution in [2.24, 2.45) is 11.7 Å². The fraction of sp³-hybridized carbons (Fsp3) is 1.00. The molecule has 4 heteroatoms. The maximum absolute atomic E-state index is 12.3. The molecule has 0 amide bonds. The molecule has 0 atom stereocenters. The molecule has 1 fully saturated rings. The Labute approximate surface area is 98.8 Å². The van der Waals surface area contributed by atoms with Crippen molar-refractivity contribution >= 4 is 0 Å². The highest BCUT2D eigenvalue weighted by Crippen LogP contribution is 2.18. The number of nitrogens with two attached hydrogens (primary N) is 1. The first-order chi connectivity index (χ1) is 7.76. The van der Waals surface area contributed by atoms with Gasteiger partial charge in [-0.3, -0.25) is 4.90 Å². The highest BCUT2D eigenvalue weighted by molar-refractivity contribution is 4.73. The first kappa shape index (κ1) is 13.9. The summed E-state index contributed by atoms with van der Waals surface area (Å²) in [6.07, 6.45) is 4.77. The van der Waals surface area contributed by atoms with Crippen LogP contribution in [0.4, 0.5) is 4.39 Å². The molecule has 1 aliphatic heterocycles. The Kier molecular flexibility index (Phi) is 6.92. The lowest BCUT2D eigenvalue weighted by Gasteiger charge is -2.33. The maximum Gasteiger partial charge on any atom is 0.142 e. The molecule has 0 saturated carbocycles. The molecular formula is C12H26FN3. The lowest BCUT2D eigenvalue weighted by molar-refractivity contribution is 0.132. The van der Waals surface area contributed by atoms with Crippen LogP contribution in [-0.2, 0) is 0 Å². The van der Waals surface area contributed by atoms with Crippen LogP contribution in [0.15, 0.2) is 0 Å². The molecule has 1 aliphatic rings. The third kappa shape index (κ3) is 5.23. The summed E-state index contributed by atoms with van der Waals surface area (Å²) in [6.45, 7) is 4.93. The van der Waals surface area contributed by atoms with E-state index in [4.69, 9.17) is 5.73 Å². The molecule has 0 bridgehead atoms. The SMILES string of the molecule is CN(CF)CC1CCN(CCCCN)CC1. The monoisotopic (exact) mass is 231 g/mol. The molecule has 0 aromatic heterocycles. The summed E-state index contributed by atoms with van der Waals surface area (Å²) in [5, 5.41) is 0. The third-order valence-corrected chi connectivity index (χ3v) is 3.41. The lowest BCUT2D eigenvalue weighted by atomic mass is 9.96. The first-order valence-electron chi connectivity index (χ1n) is 6.43. The zero-order valence-corrected chi connectivity index (χ0v) is 10.5. The molecule has 1 rings (SSSR count). The van der Waals surface area contributed by atoms with Crippen molar-refractivity contribution in [3.63, 3.8) is 0 Å². The zero-order chi connectivity index (χ0) is 11.8. The minimum absolute atomic E-state index is 0.323. The van der Waals surface area contributed by atoms with Gasteiger partial charge in [0.1, 0.15) is 6.80 Å². The topological polar surface area (TPSA) is 32.5 Å². The summed E-state index contributed by atoms with van der Waals surface area (Å²) in [5.74, 6) is 0.687. The number of hydrogen-bond acceptors (Lipinski definition) is 3. The van der Waals surface area contributed by atoms with Crippen LogP contribution in [0.3, 0.4) is 0 Å². The predicted octanol–water partition coefficient (Wildman–Crippen LogP) is 1.30. The van der Waals surface area contributed by atoms with Gasteiger partial charge in [0.2, 0.25) is 0 Å². The number of alkyl halides is 1. The number of rotatable bonds is 7. The van der Waals surface area contributed by atoms with Crippen LogP contribution >= 0.6 is 0 Å². The van der Waals surface area contributed by atoms with Gasteiger partial charge >= 0.3 is 0 Å². The maximum atomic E-state index is 12.3. The second-order valence-electron chi connectivity index (χ2n) is 4.94. The van der Waals surface area contributed by atoms with Crippen molar-refractivity contribution in [2.75, 3.05) is 46.6 Å². The van der Waals surface area contributed by atoms with Crippen LogP contribution in [0.2, 0.25) is 0 Å². The second-order valence-corrected chi connectivity index (χ2v) is 4.94. The van der Waals surface area contributed by atoms with E-state index in [0.717, 1.165) is 19.5 Å². The molecule has 96 valence electrons. The van der Waals surface area contributed by atoms with E-state index < -0.39 is 0 Å². The van der Waals surface area contributed by atoms with E-state index in [9.17, 15) is 4.39 Å². The van der Waals surface area contributed by atoms with E-state index >= 15 is 0 Å². The van der Waals surface area contributed by atoms with Gasteiger partial charge in [0.15, 0.2) is 0 Å². The van der Waals surface area contributed by atoms with Gasteiger partial charge in [-0.15, -0.1) is 0 Å². The van der Waals surface area contributed by atoms with E-state index in [-0.39, 0.29) is 6.80 Å². The fourth-order valence-electron chi connectivity index (χ4n) is 2.36. The molecule has 3 nitrogen and oxygen atoms in total. The first-order valence-corrected chi connectivity index (χ1v) is 6.43. The summed E-state index contributed by atoms with van der Waals surface area (Å²) in [6, 6.07) is 0. The molecule has 16 heavy (non-hydrogen) atoms. The van der Waals surface area contributed by atoms with Gasteiger partial charge in [0.05, 0.1) is 0 Å². The number of halogens is 1. The number of likely N-dealkylation sites (tertiary alicyclic amines) is 1. The van der Waals surface area contributed by atoms with E-state index in [1.165, 1.54) is 38.9 Å². The highest BCUT2D eigenvalue weighted by atomic mass is 19.1. The average molecular weight is 231 g/mol. The van der Waals surface area contributed by atoms with Crippen LogP contribution < -0.4 is 5.73 Å². The van der Waals surface area contributed by atoms with Crippen molar-refractivity contribution < 1.29 is 4.39 Å². The molecule has 0 spiro atoms. The molecule has 0 radical (unpaired) electrons. The van der Waals surface area contributed by atoms with E-state index in [1.807, 2.05) is 7.05 Å². The lowest BCUT2D eigenvalue weighted by Crippen LogP contribution is -2.38. The van der Waals surface area contributed by atoms with Gasteiger partial charge < -0.3 is 10.6 Å². The van der Waals surface area contributed by atoms with Crippen molar-refractivity contribution in [3.05, 3.63) is 0 Å².